The summed E-state index contributed by atoms with van der Waals surface area (Å²) in [4.78, 5) is 3.54. The van der Waals surface area contributed by atoms with Crippen LogP contribution < -0.4 is 15.6 Å². The van der Waals surface area contributed by atoms with Crippen LogP contribution in [0.25, 0.3) is 0 Å². The Labute approximate surface area is 121 Å². The zero-order chi connectivity index (χ0) is 15.7. The molecule has 2 aromatic rings. The monoisotopic (exact) mass is 328 g/mol. The summed E-state index contributed by atoms with van der Waals surface area (Å²) in [5, 5.41) is 4.95. The fraction of sp³-hybridized carbons (Fsp3) is 0. The smallest absolute Gasteiger partial charge is 0.262 e. The van der Waals surface area contributed by atoms with Gasteiger partial charge in [-0.25, -0.2) is 27.0 Å². The molecule has 1 aromatic carbocycles. The SMILES string of the molecule is Nc1cc(S(=O)(=O)Nc2ccc(S(N)(=O)=O)cc2)ccn1. The lowest BCUT2D eigenvalue weighted by Gasteiger charge is -2.08. The Kier molecular flexibility index (Phi) is 3.85. The molecule has 0 atom stereocenters. The second-order valence-corrected chi connectivity index (χ2v) is 7.34. The van der Waals surface area contributed by atoms with E-state index >= 15 is 0 Å². The van der Waals surface area contributed by atoms with Crippen LogP contribution in [0.15, 0.2) is 52.4 Å². The normalized spacial score (nSPS) is 12.0. The van der Waals surface area contributed by atoms with Crippen LogP contribution in [0.5, 0.6) is 0 Å². The average Bonchev–Trinajstić information content (AvgIpc) is 2.38. The molecule has 10 heteroatoms. The second-order valence-electron chi connectivity index (χ2n) is 4.09. The Morgan fingerprint density at radius 2 is 1.57 bits per heavy atom. The van der Waals surface area contributed by atoms with E-state index in [1.165, 1.54) is 42.6 Å². The highest BCUT2D eigenvalue weighted by Crippen LogP contribution is 2.18. The van der Waals surface area contributed by atoms with Gasteiger partial charge in [0.1, 0.15) is 5.82 Å². The number of pyridine rings is 1. The highest BCUT2D eigenvalue weighted by Gasteiger charge is 2.15. The number of anilines is 2. The van der Waals surface area contributed by atoms with Crippen LogP contribution in [0.3, 0.4) is 0 Å². The zero-order valence-electron chi connectivity index (χ0n) is 10.6. The van der Waals surface area contributed by atoms with Gasteiger partial charge in [-0.3, -0.25) is 4.72 Å². The van der Waals surface area contributed by atoms with Crippen LogP contribution in [0.2, 0.25) is 0 Å². The first-order valence-corrected chi connectivity index (χ1v) is 8.59. The average molecular weight is 328 g/mol. The molecule has 0 saturated heterocycles. The van der Waals surface area contributed by atoms with Crippen molar-refractivity contribution >= 4 is 31.6 Å². The zero-order valence-corrected chi connectivity index (χ0v) is 12.2. The third-order valence-electron chi connectivity index (χ3n) is 2.50. The van der Waals surface area contributed by atoms with Crippen LogP contribution >= 0.6 is 0 Å². The van der Waals surface area contributed by atoms with E-state index in [1.54, 1.807) is 0 Å². The van der Waals surface area contributed by atoms with E-state index in [0.717, 1.165) is 0 Å². The minimum absolute atomic E-state index is 0.0504. The van der Waals surface area contributed by atoms with Gasteiger partial charge in [0.2, 0.25) is 10.0 Å². The second kappa shape index (κ2) is 5.31. The van der Waals surface area contributed by atoms with Crippen LogP contribution in [-0.2, 0) is 20.0 Å². The number of nitrogens with zero attached hydrogens (tertiary/aromatic N) is 1. The first-order valence-electron chi connectivity index (χ1n) is 5.56. The number of nitrogens with two attached hydrogens (primary N) is 2. The van der Waals surface area contributed by atoms with Crippen LogP contribution in [0, 0.1) is 0 Å². The number of rotatable bonds is 4. The summed E-state index contributed by atoms with van der Waals surface area (Å²) >= 11 is 0. The molecule has 112 valence electrons. The van der Waals surface area contributed by atoms with E-state index in [0.29, 0.717) is 0 Å². The van der Waals surface area contributed by atoms with Crippen molar-refractivity contribution in [2.45, 2.75) is 9.79 Å². The number of sulfonamides is 2. The molecule has 0 unspecified atom stereocenters. The Morgan fingerprint density at radius 1 is 0.952 bits per heavy atom. The predicted octanol–water partition coefficient (Wildman–Crippen LogP) is 0.112. The molecule has 5 N–H and O–H groups in total. The van der Waals surface area contributed by atoms with Gasteiger partial charge in [-0.05, 0) is 30.3 Å². The summed E-state index contributed by atoms with van der Waals surface area (Å²) in [6, 6.07) is 7.49. The van der Waals surface area contributed by atoms with Crippen molar-refractivity contribution in [3.8, 4) is 0 Å². The van der Waals surface area contributed by atoms with Crippen LogP contribution in [0.1, 0.15) is 0 Å². The summed E-state index contributed by atoms with van der Waals surface area (Å²) in [7, 11) is -7.66. The van der Waals surface area contributed by atoms with E-state index in [-0.39, 0.29) is 21.3 Å². The van der Waals surface area contributed by atoms with Crippen LogP contribution in [0.4, 0.5) is 11.5 Å². The number of hydrogen-bond acceptors (Lipinski definition) is 6. The van der Waals surface area contributed by atoms with Gasteiger partial charge in [-0.2, -0.15) is 0 Å². The summed E-state index contributed by atoms with van der Waals surface area (Å²) in [5.41, 5.74) is 5.62. The summed E-state index contributed by atoms with van der Waals surface area (Å²) in [6.45, 7) is 0. The molecule has 0 aliphatic heterocycles. The third-order valence-corrected chi connectivity index (χ3v) is 4.81. The van der Waals surface area contributed by atoms with Gasteiger partial charge in [-0.1, -0.05) is 0 Å². The molecule has 0 amide bonds. The molecule has 2 rings (SSSR count). The first-order chi connectivity index (χ1) is 9.68. The number of primary sulfonamides is 1. The lowest BCUT2D eigenvalue weighted by molar-refractivity contribution is 0.597. The number of hydrogen-bond donors (Lipinski definition) is 3. The van der Waals surface area contributed by atoms with Crippen molar-refractivity contribution in [2.24, 2.45) is 5.14 Å². The molecular formula is C11H12N4O4S2. The maximum atomic E-state index is 12.1. The van der Waals surface area contributed by atoms with Gasteiger partial charge in [0, 0.05) is 18.0 Å². The summed E-state index contributed by atoms with van der Waals surface area (Å²) < 4.78 is 48.7. The van der Waals surface area contributed by atoms with Gasteiger partial charge >= 0.3 is 0 Å². The standard InChI is InChI=1S/C11H12N4O4S2/c12-11-7-10(5-6-14-11)21(18,19)15-8-1-3-9(4-2-8)20(13,16)17/h1-7,15H,(H2,12,14)(H2,13,16,17). The van der Waals surface area contributed by atoms with Crippen LogP contribution in [-0.4, -0.2) is 21.8 Å². The number of nitrogen functional groups attached to an aromatic ring is 1. The van der Waals surface area contributed by atoms with E-state index in [4.69, 9.17) is 10.9 Å². The van der Waals surface area contributed by atoms with Gasteiger partial charge in [0.25, 0.3) is 10.0 Å². The fourth-order valence-corrected chi connectivity index (χ4v) is 3.12. The van der Waals surface area contributed by atoms with Crippen molar-refractivity contribution in [1.82, 2.24) is 4.98 Å². The van der Waals surface area contributed by atoms with E-state index in [2.05, 4.69) is 9.71 Å². The van der Waals surface area contributed by atoms with Crippen molar-refractivity contribution in [3.05, 3.63) is 42.6 Å². The highest BCUT2D eigenvalue weighted by molar-refractivity contribution is 7.92. The van der Waals surface area contributed by atoms with Crippen molar-refractivity contribution in [3.63, 3.8) is 0 Å². The van der Waals surface area contributed by atoms with Gasteiger partial charge in [0.05, 0.1) is 9.79 Å². The molecule has 0 fully saturated rings. The molecule has 0 bridgehead atoms. The van der Waals surface area contributed by atoms with Crippen molar-refractivity contribution in [1.29, 1.82) is 0 Å². The van der Waals surface area contributed by atoms with E-state index < -0.39 is 20.0 Å². The van der Waals surface area contributed by atoms with E-state index in [1.807, 2.05) is 0 Å². The first kappa shape index (κ1) is 15.2. The van der Waals surface area contributed by atoms with Crippen molar-refractivity contribution < 1.29 is 16.8 Å². The minimum Gasteiger partial charge on any atom is -0.384 e. The Balaban J connectivity index is 2.29. The Bertz CT molecular complexity index is 861. The largest absolute Gasteiger partial charge is 0.384 e. The number of aromatic nitrogens is 1. The maximum absolute atomic E-state index is 12.1. The lowest BCUT2D eigenvalue weighted by Crippen LogP contribution is -2.14. The van der Waals surface area contributed by atoms with Crippen molar-refractivity contribution in [2.75, 3.05) is 10.5 Å². The molecular weight excluding hydrogens is 316 g/mol. The molecule has 0 spiro atoms. The summed E-state index contributed by atoms with van der Waals surface area (Å²) in [5.74, 6) is 0.0717. The molecule has 0 aliphatic rings. The highest BCUT2D eigenvalue weighted by atomic mass is 32.2. The van der Waals surface area contributed by atoms with Gasteiger partial charge in [0.15, 0.2) is 0 Å². The molecule has 21 heavy (non-hydrogen) atoms. The molecule has 0 aliphatic carbocycles. The lowest BCUT2D eigenvalue weighted by atomic mass is 10.3. The fourth-order valence-electron chi connectivity index (χ4n) is 1.52. The number of benzene rings is 1. The topological polar surface area (TPSA) is 145 Å². The van der Waals surface area contributed by atoms with Gasteiger partial charge in [-0.15, -0.1) is 0 Å². The Morgan fingerprint density at radius 3 is 2.10 bits per heavy atom. The third kappa shape index (κ3) is 3.68. The molecule has 1 heterocycles. The quantitative estimate of drug-likeness (QED) is 0.726. The molecule has 0 saturated carbocycles. The van der Waals surface area contributed by atoms with E-state index in [9.17, 15) is 16.8 Å². The minimum atomic E-state index is -3.83. The number of nitrogens with one attached hydrogen (secondary N) is 1. The van der Waals surface area contributed by atoms with Gasteiger partial charge < -0.3 is 5.73 Å². The molecule has 1 aromatic heterocycles. The summed E-state index contributed by atoms with van der Waals surface area (Å²) in [6.07, 6.45) is 1.27. The predicted molar refractivity (Wildman–Crippen MR) is 77.3 cm³/mol. The Hall–Kier alpha value is -2.17. The maximum Gasteiger partial charge on any atom is 0.262 e. The molecule has 8 nitrogen and oxygen atoms in total. The molecule has 0 radical (unpaired) electrons.